The summed E-state index contributed by atoms with van der Waals surface area (Å²) in [7, 11) is 1.52. The van der Waals surface area contributed by atoms with Crippen molar-refractivity contribution < 1.29 is 9.53 Å². The molecular weight excluding hydrogens is 335 g/mol. The van der Waals surface area contributed by atoms with Gasteiger partial charge in [-0.15, -0.1) is 0 Å². The van der Waals surface area contributed by atoms with Gasteiger partial charge in [-0.3, -0.25) is 0 Å². The largest absolute Gasteiger partial charge is 0.495 e. The molecule has 2 N–H and O–H groups in total. The van der Waals surface area contributed by atoms with E-state index in [9.17, 15) is 4.79 Å². The normalized spacial score (nSPS) is 10.6. The van der Waals surface area contributed by atoms with Crippen molar-refractivity contribution in [3.63, 3.8) is 0 Å². The van der Waals surface area contributed by atoms with E-state index in [0.29, 0.717) is 21.5 Å². The Morgan fingerprint density at radius 3 is 2.70 bits per heavy atom. The fourth-order valence-corrected chi connectivity index (χ4v) is 2.26. The molecule has 120 valence electrons. The number of halogens is 2. The number of ether oxygens (including phenoxy) is 1. The first kappa shape index (κ1) is 17.2. The third-order valence-electron chi connectivity index (χ3n) is 3.07. The summed E-state index contributed by atoms with van der Waals surface area (Å²) in [6, 6.07) is 10.3. The highest BCUT2D eigenvalue weighted by Gasteiger charge is 2.09. The van der Waals surface area contributed by atoms with Crippen molar-refractivity contribution in [2.75, 3.05) is 12.4 Å². The fraction of sp³-hybridized carbons (Fsp3) is 0.118. The molecule has 0 spiro atoms. The van der Waals surface area contributed by atoms with Crippen LogP contribution in [-0.2, 0) is 0 Å². The van der Waals surface area contributed by atoms with Gasteiger partial charge < -0.3 is 15.4 Å². The molecule has 0 aromatic heterocycles. The maximum Gasteiger partial charge on any atom is 0.323 e. The first-order valence-corrected chi connectivity index (χ1v) is 7.59. The summed E-state index contributed by atoms with van der Waals surface area (Å²) in [6.45, 7) is 1.85. The third kappa shape index (κ3) is 4.91. The van der Waals surface area contributed by atoms with Crippen molar-refractivity contribution in [2.24, 2.45) is 0 Å². The van der Waals surface area contributed by atoms with E-state index in [0.717, 1.165) is 11.1 Å². The van der Waals surface area contributed by atoms with Gasteiger partial charge in [-0.2, -0.15) is 0 Å². The maximum atomic E-state index is 11.9. The van der Waals surface area contributed by atoms with E-state index >= 15 is 0 Å². The molecule has 0 aliphatic rings. The molecule has 4 nitrogen and oxygen atoms in total. The summed E-state index contributed by atoms with van der Waals surface area (Å²) in [6.07, 6.45) is 3.28. The van der Waals surface area contributed by atoms with Gasteiger partial charge in [-0.25, -0.2) is 4.79 Å². The maximum absolute atomic E-state index is 11.9. The first-order chi connectivity index (χ1) is 11.0. The Kier molecular flexibility index (Phi) is 5.90. The van der Waals surface area contributed by atoms with Crippen molar-refractivity contribution in [2.45, 2.75) is 6.92 Å². The van der Waals surface area contributed by atoms with Gasteiger partial charge in [0.05, 0.1) is 12.8 Å². The van der Waals surface area contributed by atoms with Crippen LogP contribution in [0.3, 0.4) is 0 Å². The smallest absolute Gasteiger partial charge is 0.323 e. The van der Waals surface area contributed by atoms with Gasteiger partial charge >= 0.3 is 6.03 Å². The van der Waals surface area contributed by atoms with Crippen LogP contribution < -0.4 is 15.4 Å². The standard InChI is InChI=1S/C17H16Cl2N2O2/c1-11-8-15(16(23-2)10-14(11)19)21-17(22)20-7-6-12-4-3-5-13(18)9-12/h3-10H,1-2H3,(H2,20,21,22)/b7-6+. The summed E-state index contributed by atoms with van der Waals surface area (Å²) in [5, 5.41) is 6.55. The molecule has 0 heterocycles. The zero-order valence-electron chi connectivity index (χ0n) is 12.7. The minimum atomic E-state index is -0.386. The Labute approximate surface area is 145 Å². The summed E-state index contributed by atoms with van der Waals surface area (Å²) >= 11 is 11.9. The molecule has 2 amide bonds. The van der Waals surface area contributed by atoms with Crippen LogP contribution in [0.15, 0.2) is 42.6 Å². The molecule has 0 atom stereocenters. The molecule has 6 heteroatoms. The lowest BCUT2D eigenvalue weighted by Crippen LogP contribution is -2.24. The number of benzene rings is 2. The van der Waals surface area contributed by atoms with Gasteiger partial charge in [-0.1, -0.05) is 35.3 Å². The Hall–Kier alpha value is -2.17. The number of hydrogen-bond donors (Lipinski definition) is 2. The van der Waals surface area contributed by atoms with Crippen molar-refractivity contribution >= 4 is 41.0 Å². The predicted molar refractivity (Wildman–Crippen MR) is 95.4 cm³/mol. The van der Waals surface area contributed by atoms with Crippen LogP contribution in [0.1, 0.15) is 11.1 Å². The average molecular weight is 351 g/mol. The van der Waals surface area contributed by atoms with Crippen LogP contribution in [0.2, 0.25) is 10.0 Å². The minimum Gasteiger partial charge on any atom is -0.495 e. The summed E-state index contributed by atoms with van der Waals surface area (Å²) < 4.78 is 5.21. The van der Waals surface area contributed by atoms with E-state index in [1.165, 1.54) is 13.3 Å². The topological polar surface area (TPSA) is 50.4 Å². The van der Waals surface area contributed by atoms with Crippen LogP contribution in [0.5, 0.6) is 5.75 Å². The number of carbonyl (C=O) groups excluding carboxylic acids is 1. The lowest BCUT2D eigenvalue weighted by atomic mass is 10.2. The van der Waals surface area contributed by atoms with Crippen LogP contribution in [0.4, 0.5) is 10.5 Å². The number of methoxy groups -OCH3 is 1. The molecular formula is C17H16Cl2N2O2. The third-order valence-corrected chi connectivity index (χ3v) is 3.71. The molecule has 0 radical (unpaired) electrons. The van der Waals surface area contributed by atoms with Crippen LogP contribution >= 0.6 is 23.2 Å². The van der Waals surface area contributed by atoms with Crippen molar-refractivity contribution in [1.82, 2.24) is 5.32 Å². The number of nitrogens with one attached hydrogen (secondary N) is 2. The average Bonchev–Trinajstić information content (AvgIpc) is 2.50. The number of amides is 2. The number of hydrogen-bond acceptors (Lipinski definition) is 2. The molecule has 0 fully saturated rings. The van der Waals surface area contributed by atoms with Crippen molar-refractivity contribution in [1.29, 1.82) is 0 Å². The second kappa shape index (κ2) is 7.90. The number of urea groups is 1. The molecule has 0 unspecified atom stereocenters. The SMILES string of the molecule is COc1cc(Cl)c(C)cc1NC(=O)N/C=C/c1cccc(Cl)c1. The van der Waals surface area contributed by atoms with Crippen LogP contribution in [0, 0.1) is 6.92 Å². The van der Waals surface area contributed by atoms with E-state index in [1.807, 2.05) is 19.1 Å². The highest BCUT2D eigenvalue weighted by Crippen LogP contribution is 2.30. The zero-order valence-corrected chi connectivity index (χ0v) is 14.2. The Balaban J connectivity index is 2.01. The monoisotopic (exact) mass is 350 g/mol. The Morgan fingerprint density at radius 1 is 1.22 bits per heavy atom. The van der Waals surface area contributed by atoms with E-state index in [-0.39, 0.29) is 6.03 Å². The second-order valence-corrected chi connectivity index (χ2v) is 5.63. The predicted octanol–water partition coefficient (Wildman–Crippen LogP) is 5.10. The van der Waals surface area contributed by atoms with Gasteiger partial charge in [0.2, 0.25) is 0 Å². The lowest BCUT2D eigenvalue weighted by molar-refractivity contribution is 0.255. The van der Waals surface area contributed by atoms with Crippen molar-refractivity contribution in [3.05, 3.63) is 63.8 Å². The Morgan fingerprint density at radius 2 is 2.00 bits per heavy atom. The molecule has 2 aromatic rings. The molecule has 0 aliphatic heterocycles. The van der Waals surface area contributed by atoms with Crippen LogP contribution in [0.25, 0.3) is 6.08 Å². The van der Waals surface area contributed by atoms with E-state index in [1.54, 1.807) is 30.3 Å². The number of aryl methyl sites for hydroxylation is 1. The molecule has 23 heavy (non-hydrogen) atoms. The molecule has 0 aliphatic carbocycles. The van der Waals surface area contributed by atoms with E-state index in [2.05, 4.69) is 10.6 Å². The van der Waals surface area contributed by atoms with Gasteiger partial charge in [0.15, 0.2) is 0 Å². The van der Waals surface area contributed by atoms with Gasteiger partial charge in [0.1, 0.15) is 5.75 Å². The minimum absolute atomic E-state index is 0.386. The summed E-state index contributed by atoms with van der Waals surface area (Å²) in [5.74, 6) is 0.495. The molecule has 2 aromatic carbocycles. The van der Waals surface area contributed by atoms with E-state index in [4.69, 9.17) is 27.9 Å². The number of rotatable bonds is 4. The van der Waals surface area contributed by atoms with Gasteiger partial charge in [0.25, 0.3) is 0 Å². The summed E-state index contributed by atoms with van der Waals surface area (Å²) in [4.78, 5) is 11.9. The van der Waals surface area contributed by atoms with Gasteiger partial charge in [-0.05, 0) is 42.3 Å². The van der Waals surface area contributed by atoms with E-state index < -0.39 is 0 Å². The van der Waals surface area contributed by atoms with Gasteiger partial charge in [0, 0.05) is 22.3 Å². The first-order valence-electron chi connectivity index (χ1n) is 6.83. The molecule has 0 bridgehead atoms. The number of anilines is 1. The lowest BCUT2D eigenvalue weighted by Gasteiger charge is -2.12. The Bertz CT molecular complexity index is 745. The highest BCUT2D eigenvalue weighted by molar-refractivity contribution is 6.31. The molecule has 2 rings (SSSR count). The van der Waals surface area contributed by atoms with Crippen LogP contribution in [-0.4, -0.2) is 13.1 Å². The molecule has 0 saturated heterocycles. The number of carbonyl (C=O) groups is 1. The fourth-order valence-electron chi connectivity index (χ4n) is 1.91. The summed E-state index contributed by atoms with van der Waals surface area (Å²) in [5.41, 5.74) is 2.28. The highest BCUT2D eigenvalue weighted by atomic mass is 35.5. The van der Waals surface area contributed by atoms with Crippen molar-refractivity contribution in [3.8, 4) is 5.75 Å². The quantitative estimate of drug-likeness (QED) is 0.805. The molecule has 0 saturated carbocycles. The zero-order chi connectivity index (χ0) is 16.8. The second-order valence-electron chi connectivity index (χ2n) is 4.79.